The van der Waals surface area contributed by atoms with Gasteiger partial charge >= 0.3 is 0 Å². The molecule has 0 saturated carbocycles. The highest BCUT2D eigenvalue weighted by molar-refractivity contribution is 14.1. The van der Waals surface area contributed by atoms with Crippen LogP contribution in [0.1, 0.15) is 48.3 Å². The van der Waals surface area contributed by atoms with Crippen molar-refractivity contribution < 1.29 is 9.15 Å². The first-order valence-corrected chi connectivity index (χ1v) is 11.2. The number of rotatable bonds is 5. The fourth-order valence-corrected chi connectivity index (χ4v) is 5.06. The van der Waals surface area contributed by atoms with E-state index >= 15 is 0 Å². The molecule has 1 fully saturated rings. The Balaban J connectivity index is 1.61. The van der Waals surface area contributed by atoms with Crippen LogP contribution in [0.4, 0.5) is 0 Å². The second-order valence-electron chi connectivity index (χ2n) is 8.18. The summed E-state index contributed by atoms with van der Waals surface area (Å²) >= 11 is 2.51. The highest BCUT2D eigenvalue weighted by atomic mass is 127. The zero-order chi connectivity index (χ0) is 20.5. The Morgan fingerprint density at radius 2 is 1.97 bits per heavy atom. The molecule has 0 aliphatic carbocycles. The van der Waals surface area contributed by atoms with Crippen molar-refractivity contribution in [2.75, 3.05) is 26.7 Å². The molecule has 2 heterocycles. The number of benzene rings is 2. The minimum absolute atomic E-state index is 0.405. The van der Waals surface area contributed by atoms with Gasteiger partial charge in [-0.05, 0) is 41.7 Å². The van der Waals surface area contributed by atoms with Crippen molar-refractivity contribution in [2.24, 2.45) is 0 Å². The molecule has 3 aromatic rings. The molecule has 154 valence electrons. The number of ether oxygens (including phenoxy) is 1. The number of halogens is 1. The van der Waals surface area contributed by atoms with Gasteiger partial charge in [0.25, 0.3) is 0 Å². The Hall–Kier alpha value is -1.57. The number of hydrogen-bond donors (Lipinski definition) is 0. The highest BCUT2D eigenvalue weighted by Crippen LogP contribution is 2.36. The summed E-state index contributed by atoms with van der Waals surface area (Å²) in [6, 6.07) is 15.7. The van der Waals surface area contributed by atoms with Crippen LogP contribution in [0.15, 0.2) is 46.9 Å². The van der Waals surface area contributed by atoms with Crippen LogP contribution in [0.3, 0.4) is 0 Å². The Morgan fingerprint density at radius 3 is 2.72 bits per heavy atom. The maximum Gasteiger partial charge on any atom is 0.176 e. The van der Waals surface area contributed by atoms with Crippen LogP contribution in [-0.4, -0.2) is 34.8 Å². The molecule has 0 spiro atoms. The summed E-state index contributed by atoms with van der Waals surface area (Å²) in [4.78, 5) is 2.57. The van der Waals surface area contributed by atoms with Gasteiger partial charge in [0.05, 0.1) is 13.2 Å². The summed E-state index contributed by atoms with van der Waals surface area (Å²) in [5.74, 6) is 2.26. The lowest BCUT2D eigenvalue weighted by Gasteiger charge is -2.39. The Labute approximate surface area is 187 Å². The van der Waals surface area contributed by atoms with E-state index < -0.39 is 0 Å². The largest absolute Gasteiger partial charge is 0.493 e. The predicted molar refractivity (Wildman–Crippen MR) is 127 cm³/mol. The molecular formula is C24H29IN2O2. The van der Waals surface area contributed by atoms with Gasteiger partial charge in [-0.3, -0.25) is 4.90 Å². The van der Waals surface area contributed by atoms with E-state index in [1.807, 2.05) is 13.0 Å². The first kappa shape index (κ1) is 20.7. The molecule has 1 aliphatic heterocycles. The first-order valence-electron chi connectivity index (χ1n) is 10.3. The van der Waals surface area contributed by atoms with Crippen LogP contribution in [0.2, 0.25) is 0 Å². The highest BCUT2D eigenvalue weighted by Gasteiger charge is 2.29. The minimum atomic E-state index is 0.405. The van der Waals surface area contributed by atoms with Gasteiger partial charge in [-0.1, -0.05) is 44.2 Å². The lowest BCUT2D eigenvalue weighted by molar-refractivity contribution is 0.148. The third-order valence-corrected chi connectivity index (χ3v) is 7.01. The van der Waals surface area contributed by atoms with E-state index in [1.165, 1.54) is 16.7 Å². The van der Waals surface area contributed by atoms with Crippen LogP contribution in [0, 0.1) is 6.92 Å². The summed E-state index contributed by atoms with van der Waals surface area (Å²) in [5.41, 5.74) is 5.08. The number of nitrogens with zero attached hydrogens (tertiary/aromatic N) is 2. The van der Waals surface area contributed by atoms with Crippen molar-refractivity contribution in [3.05, 3.63) is 64.9 Å². The average molecular weight is 504 g/mol. The van der Waals surface area contributed by atoms with Crippen LogP contribution >= 0.6 is 22.9 Å². The maximum absolute atomic E-state index is 5.92. The number of aryl methyl sites for hydroxylation is 1. The van der Waals surface area contributed by atoms with Crippen molar-refractivity contribution in [1.29, 1.82) is 0 Å². The summed E-state index contributed by atoms with van der Waals surface area (Å²) in [6.07, 6.45) is 0. The zero-order valence-corrected chi connectivity index (χ0v) is 19.8. The smallest absolute Gasteiger partial charge is 0.176 e. The van der Waals surface area contributed by atoms with Gasteiger partial charge in [-0.2, -0.15) is 0 Å². The van der Waals surface area contributed by atoms with Gasteiger partial charge in [0.15, 0.2) is 11.3 Å². The normalized spacial score (nSPS) is 18.6. The molecule has 1 aromatic heterocycles. The van der Waals surface area contributed by atoms with Gasteiger partial charge in [-0.25, -0.2) is 3.11 Å². The van der Waals surface area contributed by atoms with Crippen LogP contribution in [-0.2, 0) is 6.54 Å². The van der Waals surface area contributed by atoms with Crippen LogP contribution < -0.4 is 4.74 Å². The SMILES string of the molecule is COc1ccc(CN2CCN(I)C(c3ccccc3C(C)C)C2)c2cc(C)oc12. The number of hydrogen-bond acceptors (Lipinski definition) is 4. The van der Waals surface area contributed by atoms with Gasteiger partial charge in [-0.15, -0.1) is 0 Å². The molecule has 1 aliphatic rings. The predicted octanol–water partition coefficient (Wildman–Crippen LogP) is 6.08. The van der Waals surface area contributed by atoms with Crippen molar-refractivity contribution >= 4 is 33.8 Å². The van der Waals surface area contributed by atoms with Crippen molar-refractivity contribution in [1.82, 2.24) is 8.01 Å². The Kier molecular flexibility index (Phi) is 6.18. The molecule has 1 saturated heterocycles. The van der Waals surface area contributed by atoms with E-state index in [9.17, 15) is 0 Å². The quantitative estimate of drug-likeness (QED) is 0.311. The van der Waals surface area contributed by atoms with E-state index in [4.69, 9.17) is 9.15 Å². The van der Waals surface area contributed by atoms with Crippen molar-refractivity contribution in [3.63, 3.8) is 0 Å². The number of fused-ring (bicyclic) bond motifs is 1. The van der Waals surface area contributed by atoms with Crippen LogP contribution in [0.5, 0.6) is 5.75 Å². The molecule has 4 rings (SSSR count). The van der Waals surface area contributed by atoms with E-state index in [2.05, 4.69) is 81.1 Å². The second kappa shape index (κ2) is 8.66. The van der Waals surface area contributed by atoms with E-state index in [0.717, 1.165) is 48.7 Å². The van der Waals surface area contributed by atoms with E-state index in [1.54, 1.807) is 7.11 Å². The van der Waals surface area contributed by atoms with Gasteiger partial charge < -0.3 is 9.15 Å². The van der Waals surface area contributed by atoms with Crippen LogP contribution in [0.25, 0.3) is 11.0 Å². The number of piperazine rings is 1. The molecule has 1 atom stereocenters. The Bertz CT molecular complexity index is 998. The third-order valence-electron chi connectivity index (χ3n) is 5.85. The molecule has 0 radical (unpaired) electrons. The summed E-state index contributed by atoms with van der Waals surface area (Å²) in [5, 5.41) is 1.16. The lowest BCUT2D eigenvalue weighted by Crippen LogP contribution is -2.44. The number of methoxy groups -OCH3 is 1. The molecule has 4 nitrogen and oxygen atoms in total. The third kappa shape index (κ3) is 4.18. The molecule has 5 heteroatoms. The number of furan rings is 1. The fourth-order valence-electron chi connectivity index (χ4n) is 4.37. The molecule has 0 amide bonds. The first-order chi connectivity index (χ1) is 14.0. The van der Waals surface area contributed by atoms with E-state index in [0.29, 0.717) is 12.0 Å². The monoisotopic (exact) mass is 504 g/mol. The average Bonchev–Trinajstić information content (AvgIpc) is 3.11. The topological polar surface area (TPSA) is 28.9 Å². The van der Waals surface area contributed by atoms with Gasteiger partial charge in [0.2, 0.25) is 0 Å². The molecular weight excluding hydrogens is 475 g/mol. The van der Waals surface area contributed by atoms with Crippen molar-refractivity contribution in [2.45, 2.75) is 39.3 Å². The minimum Gasteiger partial charge on any atom is -0.493 e. The molecule has 2 aromatic carbocycles. The fraction of sp³-hybridized carbons (Fsp3) is 0.417. The molecule has 29 heavy (non-hydrogen) atoms. The van der Waals surface area contributed by atoms with Gasteiger partial charge in [0.1, 0.15) is 5.76 Å². The maximum atomic E-state index is 5.92. The summed E-state index contributed by atoms with van der Waals surface area (Å²) in [6.45, 7) is 10.6. The zero-order valence-electron chi connectivity index (χ0n) is 17.6. The van der Waals surface area contributed by atoms with E-state index in [-0.39, 0.29) is 0 Å². The van der Waals surface area contributed by atoms with Gasteiger partial charge in [0, 0.05) is 54.4 Å². The molecule has 0 bridgehead atoms. The van der Waals surface area contributed by atoms with Crippen molar-refractivity contribution in [3.8, 4) is 5.75 Å². The second-order valence-corrected chi connectivity index (χ2v) is 9.42. The lowest BCUT2D eigenvalue weighted by atomic mass is 9.91. The summed E-state index contributed by atoms with van der Waals surface area (Å²) in [7, 11) is 1.70. The standard InChI is InChI=1S/C24H29IN2O2/c1-16(2)19-7-5-6-8-20(19)22-15-26(11-12-27(22)25)14-18-9-10-23(28-4)24-21(18)13-17(3)29-24/h5-10,13,16,22H,11-12,14-15H2,1-4H3. The Morgan fingerprint density at radius 1 is 1.17 bits per heavy atom. The summed E-state index contributed by atoms with van der Waals surface area (Å²) < 4.78 is 13.9. The molecule has 1 unspecified atom stereocenters. The molecule has 0 N–H and O–H groups in total.